The first-order valence-corrected chi connectivity index (χ1v) is 9.02. The van der Waals surface area contributed by atoms with Crippen LogP contribution in [0.15, 0.2) is 59.2 Å². The molecule has 1 heterocycles. The fourth-order valence-electron chi connectivity index (χ4n) is 2.69. The average Bonchev–Trinajstić information content (AvgIpc) is 2.59. The van der Waals surface area contributed by atoms with E-state index in [2.05, 4.69) is 45.2 Å². The van der Waals surface area contributed by atoms with Crippen molar-refractivity contribution in [1.82, 2.24) is 4.98 Å². The molecule has 25 heavy (non-hydrogen) atoms. The van der Waals surface area contributed by atoms with Gasteiger partial charge in [-0.2, -0.15) is 0 Å². The van der Waals surface area contributed by atoms with Gasteiger partial charge in [-0.3, -0.25) is 9.78 Å². The first-order valence-electron chi connectivity index (χ1n) is 8.22. The van der Waals surface area contributed by atoms with Crippen molar-refractivity contribution in [2.45, 2.75) is 20.8 Å². The maximum atomic E-state index is 12.7. The van der Waals surface area contributed by atoms with E-state index in [1.54, 1.807) is 6.20 Å². The molecule has 0 aliphatic rings. The van der Waals surface area contributed by atoms with Crippen molar-refractivity contribution in [1.29, 1.82) is 0 Å². The molecule has 3 aromatic rings. The number of halogens is 1. The molecule has 1 aromatic heterocycles. The molecule has 0 amide bonds. The monoisotopic (exact) mass is 393 g/mol. The van der Waals surface area contributed by atoms with Crippen LogP contribution < -0.4 is 0 Å². The van der Waals surface area contributed by atoms with E-state index in [1.807, 2.05) is 57.2 Å². The zero-order valence-corrected chi connectivity index (χ0v) is 16.2. The number of Topliss-reactive ketones (excluding diaryl/α,β-unsaturated/α-hetero) is 1. The van der Waals surface area contributed by atoms with Gasteiger partial charge < -0.3 is 0 Å². The van der Waals surface area contributed by atoms with Gasteiger partial charge in [-0.15, -0.1) is 0 Å². The minimum atomic E-state index is -0.431. The van der Waals surface area contributed by atoms with Gasteiger partial charge in [0.05, 0.1) is 5.52 Å². The summed E-state index contributed by atoms with van der Waals surface area (Å²) in [5.41, 5.74) is 3.19. The van der Waals surface area contributed by atoms with Crippen molar-refractivity contribution in [3.63, 3.8) is 0 Å². The third-order valence-corrected chi connectivity index (χ3v) is 4.58. The van der Waals surface area contributed by atoms with Crippen molar-refractivity contribution in [3.05, 3.63) is 75.9 Å². The molecule has 0 fully saturated rings. The second-order valence-electron chi connectivity index (χ2n) is 7.07. The maximum absolute atomic E-state index is 12.7. The number of carbonyl (C=O) groups is 1. The Labute approximate surface area is 156 Å². The van der Waals surface area contributed by atoms with Crippen LogP contribution in [0.2, 0.25) is 0 Å². The molecule has 0 unspecified atom stereocenters. The summed E-state index contributed by atoms with van der Waals surface area (Å²) in [6.07, 6.45) is 5.88. The van der Waals surface area contributed by atoms with E-state index in [1.165, 1.54) is 0 Å². The van der Waals surface area contributed by atoms with Crippen LogP contribution in [0.25, 0.3) is 23.1 Å². The Kier molecular flexibility index (Phi) is 4.87. The minimum Gasteiger partial charge on any atom is -0.294 e. The number of fused-ring (bicyclic) bond motifs is 1. The molecular formula is C22H20BrNO. The predicted octanol–water partition coefficient (Wildman–Crippen LogP) is 6.40. The first-order chi connectivity index (χ1) is 11.9. The normalized spacial score (nSPS) is 12.0. The lowest BCUT2D eigenvalue weighted by molar-refractivity contribution is 0.0860. The molecule has 0 saturated heterocycles. The van der Waals surface area contributed by atoms with Gasteiger partial charge in [-0.1, -0.05) is 73.1 Å². The molecular weight excluding hydrogens is 374 g/mol. The number of hydrogen-bond donors (Lipinski definition) is 0. The van der Waals surface area contributed by atoms with E-state index in [-0.39, 0.29) is 5.78 Å². The van der Waals surface area contributed by atoms with Gasteiger partial charge in [0, 0.05) is 27.0 Å². The van der Waals surface area contributed by atoms with Crippen molar-refractivity contribution >= 4 is 44.8 Å². The highest BCUT2D eigenvalue weighted by Gasteiger charge is 2.25. The number of carbonyl (C=O) groups excluding carboxylic acids is 1. The zero-order chi connectivity index (χ0) is 18.0. The van der Waals surface area contributed by atoms with E-state index in [0.29, 0.717) is 5.56 Å². The molecule has 3 rings (SSSR count). The Morgan fingerprint density at radius 2 is 1.72 bits per heavy atom. The van der Waals surface area contributed by atoms with Gasteiger partial charge in [0.1, 0.15) is 0 Å². The Hall–Kier alpha value is -2.26. The van der Waals surface area contributed by atoms with Crippen LogP contribution in [0.3, 0.4) is 0 Å². The largest absolute Gasteiger partial charge is 0.294 e. The molecule has 0 saturated carbocycles. The number of hydrogen-bond acceptors (Lipinski definition) is 2. The van der Waals surface area contributed by atoms with Crippen LogP contribution in [0.4, 0.5) is 0 Å². The quantitative estimate of drug-likeness (QED) is 0.380. The summed E-state index contributed by atoms with van der Waals surface area (Å²) in [6, 6.07) is 16.0. The first kappa shape index (κ1) is 17.6. The topological polar surface area (TPSA) is 30.0 Å². The summed E-state index contributed by atoms with van der Waals surface area (Å²) in [4.78, 5) is 17.2. The van der Waals surface area contributed by atoms with Crippen LogP contribution in [0, 0.1) is 5.41 Å². The SMILES string of the molecule is CC(C)(C)C(=O)c1ccc(C=Cc2ccc(Br)cc2)c2cccnc12. The second-order valence-corrected chi connectivity index (χ2v) is 7.98. The van der Waals surface area contributed by atoms with Crippen molar-refractivity contribution in [2.75, 3.05) is 0 Å². The molecule has 0 aliphatic carbocycles. The molecule has 3 heteroatoms. The standard InChI is InChI=1S/C22H20BrNO/c1-22(2,3)21(25)19-13-10-16(18-5-4-14-24-20(18)19)9-6-15-7-11-17(23)12-8-15/h4-14H,1-3H3. The van der Waals surface area contributed by atoms with Crippen LogP contribution in [-0.2, 0) is 0 Å². The molecule has 126 valence electrons. The highest BCUT2D eigenvalue weighted by Crippen LogP contribution is 2.28. The van der Waals surface area contributed by atoms with E-state index >= 15 is 0 Å². The molecule has 0 radical (unpaired) electrons. The fourth-order valence-corrected chi connectivity index (χ4v) is 2.95. The summed E-state index contributed by atoms with van der Waals surface area (Å²) in [5.74, 6) is 0.111. The lowest BCUT2D eigenvalue weighted by Gasteiger charge is -2.18. The Bertz CT molecular complexity index is 950. The van der Waals surface area contributed by atoms with Crippen molar-refractivity contribution in [2.24, 2.45) is 5.41 Å². The average molecular weight is 394 g/mol. The molecule has 2 aromatic carbocycles. The highest BCUT2D eigenvalue weighted by atomic mass is 79.9. The zero-order valence-electron chi connectivity index (χ0n) is 14.6. The molecule has 0 atom stereocenters. The number of rotatable bonds is 3. The summed E-state index contributed by atoms with van der Waals surface area (Å²) >= 11 is 3.45. The molecule has 0 bridgehead atoms. The Morgan fingerprint density at radius 1 is 1.00 bits per heavy atom. The van der Waals surface area contributed by atoms with E-state index in [4.69, 9.17) is 0 Å². The van der Waals surface area contributed by atoms with Crippen LogP contribution in [0.1, 0.15) is 42.3 Å². The Morgan fingerprint density at radius 3 is 2.40 bits per heavy atom. The third kappa shape index (κ3) is 3.88. The van der Waals surface area contributed by atoms with Gasteiger partial charge in [0.15, 0.2) is 5.78 Å². The summed E-state index contributed by atoms with van der Waals surface area (Å²) in [7, 11) is 0. The molecule has 2 nitrogen and oxygen atoms in total. The summed E-state index contributed by atoms with van der Waals surface area (Å²) in [5, 5.41) is 0.992. The van der Waals surface area contributed by atoms with Crippen LogP contribution >= 0.6 is 15.9 Å². The van der Waals surface area contributed by atoms with E-state index in [0.717, 1.165) is 26.5 Å². The smallest absolute Gasteiger partial charge is 0.170 e. The molecule has 0 spiro atoms. The lowest BCUT2D eigenvalue weighted by Crippen LogP contribution is -2.20. The van der Waals surface area contributed by atoms with Crippen LogP contribution in [-0.4, -0.2) is 10.8 Å². The summed E-state index contributed by atoms with van der Waals surface area (Å²) in [6.45, 7) is 5.81. The number of benzene rings is 2. The van der Waals surface area contributed by atoms with Crippen LogP contribution in [0.5, 0.6) is 0 Å². The van der Waals surface area contributed by atoms with Gasteiger partial charge in [0.25, 0.3) is 0 Å². The Balaban J connectivity index is 2.06. The van der Waals surface area contributed by atoms with E-state index in [9.17, 15) is 4.79 Å². The highest BCUT2D eigenvalue weighted by molar-refractivity contribution is 9.10. The van der Waals surface area contributed by atoms with E-state index < -0.39 is 5.41 Å². The fraction of sp³-hybridized carbons (Fsp3) is 0.182. The second kappa shape index (κ2) is 6.93. The van der Waals surface area contributed by atoms with Gasteiger partial charge in [-0.25, -0.2) is 0 Å². The lowest BCUT2D eigenvalue weighted by atomic mass is 9.85. The third-order valence-electron chi connectivity index (χ3n) is 4.05. The summed E-state index contributed by atoms with van der Waals surface area (Å²) < 4.78 is 1.06. The molecule has 0 aliphatic heterocycles. The number of pyridine rings is 1. The van der Waals surface area contributed by atoms with Gasteiger partial charge >= 0.3 is 0 Å². The van der Waals surface area contributed by atoms with Crippen molar-refractivity contribution in [3.8, 4) is 0 Å². The maximum Gasteiger partial charge on any atom is 0.170 e. The number of aromatic nitrogens is 1. The van der Waals surface area contributed by atoms with Gasteiger partial charge in [0.2, 0.25) is 0 Å². The van der Waals surface area contributed by atoms with Gasteiger partial charge in [-0.05, 0) is 35.4 Å². The molecule has 0 N–H and O–H groups in total. The number of ketones is 1. The predicted molar refractivity (Wildman–Crippen MR) is 109 cm³/mol. The number of nitrogens with zero attached hydrogens (tertiary/aromatic N) is 1. The minimum absolute atomic E-state index is 0.111. The van der Waals surface area contributed by atoms with Crippen molar-refractivity contribution < 1.29 is 4.79 Å².